The van der Waals surface area contributed by atoms with Gasteiger partial charge in [-0.15, -0.1) is 24.0 Å². The number of benzene rings is 2. The van der Waals surface area contributed by atoms with Crippen LogP contribution in [0.4, 0.5) is 0 Å². The Balaban J connectivity index is 0.00000300. The van der Waals surface area contributed by atoms with Crippen molar-refractivity contribution in [3.8, 4) is 0 Å². The fourth-order valence-electron chi connectivity index (χ4n) is 3.21. The van der Waals surface area contributed by atoms with Gasteiger partial charge in [0.05, 0.1) is 19.8 Å². The number of nitrogens with one attached hydrogen (secondary N) is 2. The van der Waals surface area contributed by atoms with Gasteiger partial charge in [0.1, 0.15) is 0 Å². The van der Waals surface area contributed by atoms with Gasteiger partial charge in [-0.25, -0.2) is 4.99 Å². The van der Waals surface area contributed by atoms with Gasteiger partial charge in [-0.1, -0.05) is 52.3 Å². The predicted octanol–water partition coefficient (Wildman–Crippen LogP) is 4.15. The van der Waals surface area contributed by atoms with Gasteiger partial charge in [-0.3, -0.25) is 4.90 Å². The van der Waals surface area contributed by atoms with Crippen LogP contribution in [0.1, 0.15) is 23.6 Å². The van der Waals surface area contributed by atoms with Gasteiger partial charge >= 0.3 is 0 Å². The number of ether oxygens (including phenoxy) is 1. The molecule has 0 aromatic heterocycles. The molecule has 2 aromatic carbocycles. The van der Waals surface area contributed by atoms with Crippen molar-refractivity contribution in [2.75, 3.05) is 32.8 Å². The number of hydrogen-bond donors (Lipinski definition) is 2. The summed E-state index contributed by atoms with van der Waals surface area (Å²) >= 11 is 3.52. The van der Waals surface area contributed by atoms with Crippen LogP contribution in [0.15, 0.2) is 58.0 Å². The third kappa shape index (κ3) is 8.24. The zero-order valence-corrected chi connectivity index (χ0v) is 20.8. The molecule has 0 spiro atoms. The van der Waals surface area contributed by atoms with Crippen molar-refractivity contribution in [2.45, 2.75) is 26.6 Å². The summed E-state index contributed by atoms with van der Waals surface area (Å²) in [4.78, 5) is 7.19. The van der Waals surface area contributed by atoms with E-state index in [1.54, 1.807) is 0 Å². The van der Waals surface area contributed by atoms with Crippen molar-refractivity contribution in [3.63, 3.8) is 0 Å². The molecule has 1 heterocycles. The molecule has 3 rings (SSSR count). The quantitative estimate of drug-likeness (QED) is 0.297. The smallest absolute Gasteiger partial charge is 0.191 e. The topological polar surface area (TPSA) is 48.9 Å². The monoisotopic (exact) mass is 572 g/mol. The SMILES string of the molecule is CCNC(=NCc1cccc(Br)c1)NCc1ccccc1CN1CCOCC1.I. The summed E-state index contributed by atoms with van der Waals surface area (Å²) in [6.07, 6.45) is 0. The van der Waals surface area contributed by atoms with E-state index in [4.69, 9.17) is 9.73 Å². The maximum Gasteiger partial charge on any atom is 0.191 e. The second-order valence-electron chi connectivity index (χ2n) is 6.84. The van der Waals surface area contributed by atoms with Crippen LogP contribution < -0.4 is 10.6 Å². The van der Waals surface area contributed by atoms with Crippen LogP contribution in [0.2, 0.25) is 0 Å². The van der Waals surface area contributed by atoms with Crippen molar-refractivity contribution >= 4 is 45.9 Å². The van der Waals surface area contributed by atoms with Crippen LogP contribution in [-0.2, 0) is 24.4 Å². The lowest BCUT2D eigenvalue weighted by Gasteiger charge is -2.27. The molecule has 0 unspecified atom stereocenters. The second-order valence-corrected chi connectivity index (χ2v) is 7.75. The zero-order valence-electron chi connectivity index (χ0n) is 16.9. The number of halogens is 2. The average Bonchev–Trinajstić information content (AvgIpc) is 2.72. The van der Waals surface area contributed by atoms with E-state index in [0.717, 1.165) is 56.4 Å². The van der Waals surface area contributed by atoms with Gasteiger partial charge in [0.2, 0.25) is 0 Å². The minimum atomic E-state index is 0. The first-order valence-electron chi connectivity index (χ1n) is 9.88. The van der Waals surface area contributed by atoms with E-state index in [1.807, 2.05) is 12.1 Å². The van der Waals surface area contributed by atoms with Gasteiger partial charge in [-0.05, 0) is 35.7 Å². The lowest BCUT2D eigenvalue weighted by molar-refractivity contribution is 0.0341. The summed E-state index contributed by atoms with van der Waals surface area (Å²) in [7, 11) is 0. The predicted molar refractivity (Wildman–Crippen MR) is 134 cm³/mol. The number of rotatable bonds is 7. The van der Waals surface area contributed by atoms with Crippen LogP contribution in [-0.4, -0.2) is 43.7 Å². The molecule has 1 aliphatic rings. The molecular formula is C22H30BrIN4O. The largest absolute Gasteiger partial charge is 0.379 e. The van der Waals surface area contributed by atoms with Crippen molar-refractivity contribution in [2.24, 2.45) is 4.99 Å². The van der Waals surface area contributed by atoms with Gasteiger partial charge in [-0.2, -0.15) is 0 Å². The van der Waals surface area contributed by atoms with Crippen molar-refractivity contribution in [1.82, 2.24) is 15.5 Å². The Kier molecular flexibility index (Phi) is 11.0. The van der Waals surface area contributed by atoms with E-state index in [0.29, 0.717) is 6.54 Å². The maximum atomic E-state index is 5.46. The molecule has 5 nitrogen and oxygen atoms in total. The highest BCUT2D eigenvalue weighted by Gasteiger charge is 2.12. The molecule has 0 amide bonds. The summed E-state index contributed by atoms with van der Waals surface area (Å²) in [5.74, 6) is 0.837. The van der Waals surface area contributed by atoms with Crippen molar-refractivity contribution in [1.29, 1.82) is 0 Å². The Morgan fingerprint density at radius 2 is 1.83 bits per heavy atom. The van der Waals surface area contributed by atoms with E-state index in [2.05, 4.69) is 74.8 Å². The molecule has 1 fully saturated rings. The molecule has 0 bridgehead atoms. The minimum absolute atomic E-state index is 0. The van der Waals surface area contributed by atoms with E-state index in [9.17, 15) is 0 Å². The molecule has 2 aromatic rings. The first-order valence-corrected chi connectivity index (χ1v) is 10.7. The maximum absolute atomic E-state index is 5.46. The average molecular weight is 573 g/mol. The van der Waals surface area contributed by atoms with Gasteiger partial charge in [0, 0.05) is 37.2 Å². The molecular weight excluding hydrogens is 543 g/mol. The Morgan fingerprint density at radius 1 is 1.07 bits per heavy atom. The molecule has 1 aliphatic heterocycles. The number of guanidine groups is 1. The third-order valence-corrected chi connectivity index (χ3v) is 5.21. The summed E-state index contributed by atoms with van der Waals surface area (Å²) in [6.45, 7) is 8.93. The minimum Gasteiger partial charge on any atom is -0.379 e. The fraction of sp³-hybridized carbons (Fsp3) is 0.409. The Morgan fingerprint density at radius 3 is 2.55 bits per heavy atom. The second kappa shape index (κ2) is 13.2. The van der Waals surface area contributed by atoms with E-state index >= 15 is 0 Å². The zero-order chi connectivity index (χ0) is 19.6. The summed E-state index contributed by atoms with van der Waals surface area (Å²) in [5, 5.41) is 6.82. The highest BCUT2D eigenvalue weighted by molar-refractivity contribution is 14.0. The van der Waals surface area contributed by atoms with Crippen molar-refractivity contribution in [3.05, 3.63) is 69.7 Å². The van der Waals surface area contributed by atoms with Crippen LogP contribution in [0.3, 0.4) is 0 Å². The summed E-state index contributed by atoms with van der Waals surface area (Å²) in [6, 6.07) is 16.9. The fourth-order valence-corrected chi connectivity index (χ4v) is 3.66. The molecule has 1 saturated heterocycles. The van der Waals surface area contributed by atoms with Crippen LogP contribution >= 0.6 is 39.9 Å². The highest BCUT2D eigenvalue weighted by Crippen LogP contribution is 2.14. The Hall–Kier alpha value is -1.16. The normalized spacial score (nSPS) is 14.9. The number of hydrogen-bond acceptors (Lipinski definition) is 3. The lowest BCUT2D eigenvalue weighted by Crippen LogP contribution is -2.38. The Labute approximate surface area is 199 Å². The molecule has 7 heteroatoms. The number of nitrogens with zero attached hydrogens (tertiary/aromatic N) is 2. The standard InChI is InChI=1S/C22H29BrN4O.HI/c1-2-24-22(25-15-18-6-5-9-21(23)14-18)26-16-19-7-3-4-8-20(19)17-27-10-12-28-13-11-27;/h3-9,14H,2,10-13,15-17H2,1H3,(H2,24,25,26);1H. The highest BCUT2D eigenvalue weighted by atomic mass is 127. The lowest BCUT2D eigenvalue weighted by atomic mass is 10.1. The molecule has 2 N–H and O–H groups in total. The Bertz CT molecular complexity index is 781. The molecule has 0 saturated carbocycles. The van der Waals surface area contributed by atoms with Crippen molar-refractivity contribution < 1.29 is 4.74 Å². The van der Waals surface area contributed by atoms with Gasteiger partial charge in [0.15, 0.2) is 5.96 Å². The van der Waals surface area contributed by atoms with Crippen LogP contribution in [0.5, 0.6) is 0 Å². The number of aliphatic imine (C=N–C) groups is 1. The van der Waals surface area contributed by atoms with E-state index in [-0.39, 0.29) is 24.0 Å². The van der Waals surface area contributed by atoms with E-state index in [1.165, 1.54) is 16.7 Å². The summed E-state index contributed by atoms with van der Waals surface area (Å²) in [5.41, 5.74) is 3.85. The van der Waals surface area contributed by atoms with Crippen LogP contribution in [0.25, 0.3) is 0 Å². The molecule has 158 valence electrons. The first kappa shape index (κ1) is 24.1. The third-order valence-electron chi connectivity index (χ3n) is 4.72. The summed E-state index contributed by atoms with van der Waals surface area (Å²) < 4.78 is 6.54. The molecule has 0 atom stereocenters. The molecule has 0 aliphatic carbocycles. The number of morpholine rings is 1. The van der Waals surface area contributed by atoms with E-state index < -0.39 is 0 Å². The first-order chi connectivity index (χ1) is 13.7. The molecule has 29 heavy (non-hydrogen) atoms. The van der Waals surface area contributed by atoms with Gasteiger partial charge in [0.25, 0.3) is 0 Å². The van der Waals surface area contributed by atoms with Gasteiger partial charge < -0.3 is 15.4 Å². The van der Waals surface area contributed by atoms with Crippen LogP contribution in [0, 0.1) is 0 Å². The molecule has 0 radical (unpaired) electrons.